The van der Waals surface area contributed by atoms with Crippen LogP contribution in [0, 0.1) is 0 Å². The molecule has 0 amide bonds. The first-order valence-corrected chi connectivity index (χ1v) is 6.93. The molecule has 0 heterocycles. The minimum Gasteiger partial charge on any atom is -0.495 e. The van der Waals surface area contributed by atoms with Gasteiger partial charge in [-0.05, 0) is 45.8 Å². The van der Waals surface area contributed by atoms with Gasteiger partial charge in [0.2, 0.25) is 0 Å². The Labute approximate surface area is 129 Å². The van der Waals surface area contributed by atoms with E-state index in [4.69, 9.17) is 4.74 Å². The zero-order valence-electron chi connectivity index (χ0n) is 11.2. The molecule has 6 heteroatoms. The van der Waals surface area contributed by atoms with Crippen LogP contribution in [0.25, 0.3) is 0 Å². The summed E-state index contributed by atoms with van der Waals surface area (Å²) in [7, 11) is 1.55. The van der Waals surface area contributed by atoms with Crippen LogP contribution in [0.3, 0.4) is 0 Å². The van der Waals surface area contributed by atoms with Crippen molar-refractivity contribution in [2.75, 3.05) is 12.4 Å². The number of benzene rings is 2. The van der Waals surface area contributed by atoms with Crippen LogP contribution in [0.15, 0.2) is 46.9 Å². The second kappa shape index (κ2) is 6.39. The number of ether oxygens (including phenoxy) is 1. The van der Waals surface area contributed by atoms with E-state index in [1.807, 2.05) is 12.1 Å². The number of hydrogen-bond donors (Lipinski definition) is 1. The monoisotopic (exact) mass is 359 g/mol. The molecule has 0 radical (unpaired) electrons. The lowest BCUT2D eigenvalue weighted by Crippen LogP contribution is -2.06. The normalized spacial score (nSPS) is 11.3. The molecule has 0 bridgehead atoms. The lowest BCUT2D eigenvalue weighted by atomic mass is 10.1. The molecule has 0 saturated carbocycles. The van der Waals surface area contributed by atoms with Crippen LogP contribution in [0.4, 0.5) is 18.9 Å². The van der Waals surface area contributed by atoms with Crippen LogP contribution in [0.1, 0.15) is 11.1 Å². The fourth-order valence-corrected chi connectivity index (χ4v) is 2.24. The Hall–Kier alpha value is -1.69. The fourth-order valence-electron chi connectivity index (χ4n) is 1.83. The second-order valence-corrected chi connectivity index (χ2v) is 5.26. The third-order valence-electron chi connectivity index (χ3n) is 2.90. The van der Waals surface area contributed by atoms with E-state index in [0.717, 1.165) is 22.3 Å². The average molecular weight is 360 g/mol. The molecule has 2 nitrogen and oxygen atoms in total. The molecule has 2 aromatic carbocycles. The van der Waals surface area contributed by atoms with Crippen molar-refractivity contribution in [1.29, 1.82) is 0 Å². The van der Waals surface area contributed by atoms with Crippen molar-refractivity contribution in [3.05, 3.63) is 58.1 Å². The summed E-state index contributed by atoms with van der Waals surface area (Å²) in [5, 5.41) is 3.07. The standard InChI is InChI=1S/C15H13BrF3NO/c1-21-14-8-12(5-6-13(14)16)20-9-10-3-2-4-11(7-10)15(17,18)19/h2-8,20H,9H2,1H3. The van der Waals surface area contributed by atoms with Crippen LogP contribution in [-0.4, -0.2) is 7.11 Å². The number of anilines is 1. The Bertz CT molecular complexity index is 629. The molecule has 0 unspecified atom stereocenters. The van der Waals surface area contributed by atoms with Crippen LogP contribution >= 0.6 is 15.9 Å². The lowest BCUT2D eigenvalue weighted by molar-refractivity contribution is -0.137. The summed E-state index contributed by atoms with van der Waals surface area (Å²) in [6, 6.07) is 10.7. The lowest BCUT2D eigenvalue weighted by Gasteiger charge is -2.11. The van der Waals surface area contributed by atoms with Gasteiger partial charge in [-0.1, -0.05) is 12.1 Å². The molecule has 21 heavy (non-hydrogen) atoms. The SMILES string of the molecule is COc1cc(NCc2cccc(C(F)(F)F)c2)ccc1Br. The van der Waals surface area contributed by atoms with Gasteiger partial charge in [-0.2, -0.15) is 13.2 Å². The van der Waals surface area contributed by atoms with E-state index in [1.54, 1.807) is 19.2 Å². The van der Waals surface area contributed by atoms with Gasteiger partial charge in [0.15, 0.2) is 0 Å². The van der Waals surface area contributed by atoms with Gasteiger partial charge in [0.25, 0.3) is 0 Å². The van der Waals surface area contributed by atoms with E-state index < -0.39 is 11.7 Å². The number of methoxy groups -OCH3 is 1. The van der Waals surface area contributed by atoms with Crippen LogP contribution < -0.4 is 10.1 Å². The fraction of sp³-hybridized carbons (Fsp3) is 0.200. The zero-order chi connectivity index (χ0) is 15.5. The number of rotatable bonds is 4. The summed E-state index contributed by atoms with van der Waals surface area (Å²) in [5.41, 5.74) is 0.689. The van der Waals surface area contributed by atoms with Crippen molar-refractivity contribution < 1.29 is 17.9 Å². The van der Waals surface area contributed by atoms with Crippen molar-refractivity contribution in [3.8, 4) is 5.75 Å². The van der Waals surface area contributed by atoms with E-state index in [9.17, 15) is 13.2 Å². The molecular weight excluding hydrogens is 347 g/mol. The molecule has 0 aliphatic rings. The van der Waals surface area contributed by atoms with Gasteiger partial charge < -0.3 is 10.1 Å². The summed E-state index contributed by atoms with van der Waals surface area (Å²) >= 11 is 3.34. The maximum Gasteiger partial charge on any atom is 0.416 e. The molecule has 0 spiro atoms. The highest BCUT2D eigenvalue weighted by Crippen LogP contribution is 2.30. The Morgan fingerprint density at radius 2 is 1.90 bits per heavy atom. The summed E-state index contributed by atoms with van der Waals surface area (Å²) in [6.45, 7) is 0.300. The van der Waals surface area contributed by atoms with E-state index >= 15 is 0 Å². The summed E-state index contributed by atoms with van der Waals surface area (Å²) in [4.78, 5) is 0. The van der Waals surface area contributed by atoms with E-state index in [1.165, 1.54) is 6.07 Å². The Kier molecular flexibility index (Phi) is 4.77. The third kappa shape index (κ3) is 4.14. The highest BCUT2D eigenvalue weighted by Gasteiger charge is 2.30. The number of alkyl halides is 3. The van der Waals surface area contributed by atoms with Crippen molar-refractivity contribution in [2.45, 2.75) is 12.7 Å². The molecule has 0 atom stereocenters. The largest absolute Gasteiger partial charge is 0.495 e. The van der Waals surface area contributed by atoms with Gasteiger partial charge >= 0.3 is 6.18 Å². The number of halogens is 4. The third-order valence-corrected chi connectivity index (χ3v) is 3.56. The first-order chi connectivity index (χ1) is 9.90. The van der Waals surface area contributed by atoms with Crippen molar-refractivity contribution in [2.24, 2.45) is 0 Å². The molecule has 0 saturated heterocycles. The van der Waals surface area contributed by atoms with Gasteiger partial charge in [0.05, 0.1) is 17.1 Å². The van der Waals surface area contributed by atoms with E-state index in [2.05, 4.69) is 21.2 Å². The van der Waals surface area contributed by atoms with Gasteiger partial charge in [-0.15, -0.1) is 0 Å². The maximum absolute atomic E-state index is 12.6. The molecule has 0 aliphatic carbocycles. The summed E-state index contributed by atoms with van der Waals surface area (Å²) in [6.07, 6.45) is -4.32. The van der Waals surface area contributed by atoms with Crippen LogP contribution in [0.5, 0.6) is 5.75 Å². The quantitative estimate of drug-likeness (QED) is 0.820. The smallest absolute Gasteiger partial charge is 0.416 e. The zero-order valence-corrected chi connectivity index (χ0v) is 12.8. The molecule has 112 valence electrons. The Morgan fingerprint density at radius 3 is 2.57 bits per heavy atom. The first-order valence-electron chi connectivity index (χ1n) is 6.13. The highest BCUT2D eigenvalue weighted by molar-refractivity contribution is 9.10. The van der Waals surface area contributed by atoms with Crippen molar-refractivity contribution in [3.63, 3.8) is 0 Å². The van der Waals surface area contributed by atoms with Crippen LogP contribution in [0.2, 0.25) is 0 Å². The summed E-state index contributed by atoms with van der Waals surface area (Å²) in [5.74, 6) is 0.657. The van der Waals surface area contributed by atoms with E-state index in [0.29, 0.717) is 17.9 Å². The second-order valence-electron chi connectivity index (χ2n) is 4.40. The van der Waals surface area contributed by atoms with Gasteiger partial charge in [0, 0.05) is 18.3 Å². The van der Waals surface area contributed by atoms with Gasteiger partial charge in [-0.25, -0.2) is 0 Å². The Morgan fingerprint density at radius 1 is 1.14 bits per heavy atom. The maximum atomic E-state index is 12.6. The molecule has 2 aromatic rings. The van der Waals surface area contributed by atoms with E-state index in [-0.39, 0.29) is 0 Å². The molecule has 0 fully saturated rings. The molecule has 0 aliphatic heterocycles. The predicted octanol–water partition coefficient (Wildman–Crippen LogP) is 5.09. The molecule has 2 rings (SSSR count). The minimum atomic E-state index is -4.32. The number of nitrogens with one attached hydrogen (secondary N) is 1. The first kappa shape index (κ1) is 15.7. The predicted molar refractivity (Wildman–Crippen MR) is 79.5 cm³/mol. The van der Waals surface area contributed by atoms with Crippen molar-refractivity contribution >= 4 is 21.6 Å². The van der Waals surface area contributed by atoms with Gasteiger partial charge in [-0.3, -0.25) is 0 Å². The van der Waals surface area contributed by atoms with Gasteiger partial charge in [0.1, 0.15) is 5.75 Å². The van der Waals surface area contributed by atoms with Crippen LogP contribution in [-0.2, 0) is 12.7 Å². The average Bonchev–Trinajstić information content (AvgIpc) is 2.46. The molecule has 1 N–H and O–H groups in total. The number of hydrogen-bond acceptors (Lipinski definition) is 2. The van der Waals surface area contributed by atoms with Crippen molar-refractivity contribution in [1.82, 2.24) is 0 Å². The molecule has 0 aromatic heterocycles. The molecular formula is C15H13BrF3NO. The Balaban J connectivity index is 2.10. The minimum absolute atomic E-state index is 0.300. The highest BCUT2D eigenvalue weighted by atomic mass is 79.9. The topological polar surface area (TPSA) is 21.3 Å². The summed E-state index contributed by atoms with van der Waals surface area (Å²) < 4.78 is 43.9.